The molecule has 4 rings (SSSR count). The highest BCUT2D eigenvalue weighted by atomic mass is 16.6. The van der Waals surface area contributed by atoms with Crippen LogP contribution >= 0.6 is 0 Å². The molecule has 0 unspecified atom stereocenters. The standard InChI is InChI=1S/C39H58N2O4/c1-3-5-7-11-21-32-23-13-15-25-34(32)44-36(42)40-38(27-17-9-18-28-38)31-39(29-19-10-20-30-39)41-37(43)45-35-26-16-14-24-33(35)22-12-8-6-4-2/h13-16,23-26H,3-12,17-22,27-31H2,1-2H3,(H,40,42)(H,41,43). The molecule has 0 aromatic heterocycles. The summed E-state index contributed by atoms with van der Waals surface area (Å²) in [7, 11) is 0. The van der Waals surface area contributed by atoms with Gasteiger partial charge in [0, 0.05) is 11.1 Å². The highest BCUT2D eigenvalue weighted by Crippen LogP contribution is 2.41. The van der Waals surface area contributed by atoms with Gasteiger partial charge in [-0.15, -0.1) is 0 Å². The number of carbonyl (C=O) groups is 2. The second-order valence-electron chi connectivity index (χ2n) is 13.7. The van der Waals surface area contributed by atoms with Gasteiger partial charge < -0.3 is 20.1 Å². The van der Waals surface area contributed by atoms with Crippen molar-refractivity contribution in [2.45, 2.75) is 160 Å². The maximum atomic E-state index is 13.5. The Bertz CT molecular complexity index is 1090. The lowest BCUT2D eigenvalue weighted by molar-refractivity contribution is 0.107. The minimum atomic E-state index is -0.423. The number of amides is 2. The average Bonchev–Trinajstić information content (AvgIpc) is 3.03. The molecule has 248 valence electrons. The summed E-state index contributed by atoms with van der Waals surface area (Å²) in [5.41, 5.74) is 1.32. The smallest absolute Gasteiger partial charge is 0.410 e. The monoisotopic (exact) mass is 618 g/mol. The molecule has 0 radical (unpaired) electrons. The zero-order valence-electron chi connectivity index (χ0n) is 28.1. The summed E-state index contributed by atoms with van der Waals surface area (Å²) in [5, 5.41) is 6.74. The van der Waals surface area contributed by atoms with E-state index in [4.69, 9.17) is 9.47 Å². The predicted octanol–water partition coefficient (Wildman–Crippen LogP) is 10.6. The van der Waals surface area contributed by atoms with Crippen molar-refractivity contribution in [1.82, 2.24) is 10.6 Å². The Balaban J connectivity index is 1.44. The summed E-state index contributed by atoms with van der Waals surface area (Å²) >= 11 is 0. The number of benzene rings is 2. The lowest BCUT2D eigenvalue weighted by Gasteiger charge is -2.47. The van der Waals surface area contributed by atoms with Crippen molar-refractivity contribution in [2.24, 2.45) is 0 Å². The first-order valence-electron chi connectivity index (χ1n) is 18.1. The highest BCUT2D eigenvalue weighted by Gasteiger charge is 2.45. The van der Waals surface area contributed by atoms with Gasteiger partial charge in [0.1, 0.15) is 11.5 Å². The van der Waals surface area contributed by atoms with Gasteiger partial charge in [0.15, 0.2) is 0 Å². The normalized spacial score (nSPS) is 17.3. The van der Waals surface area contributed by atoms with Crippen molar-refractivity contribution in [3.05, 3.63) is 59.7 Å². The van der Waals surface area contributed by atoms with E-state index in [-0.39, 0.29) is 12.2 Å². The zero-order valence-corrected chi connectivity index (χ0v) is 28.1. The summed E-state index contributed by atoms with van der Waals surface area (Å²) in [4.78, 5) is 27.1. The minimum absolute atomic E-state index is 0.386. The van der Waals surface area contributed by atoms with Gasteiger partial charge in [-0.25, -0.2) is 9.59 Å². The number of nitrogens with one attached hydrogen (secondary N) is 2. The summed E-state index contributed by atoms with van der Waals surface area (Å²) in [6.07, 6.45) is 21.2. The van der Waals surface area contributed by atoms with E-state index in [0.29, 0.717) is 17.9 Å². The molecule has 2 aliphatic rings. The Morgan fingerprint density at radius 1 is 0.578 bits per heavy atom. The molecular weight excluding hydrogens is 560 g/mol. The molecule has 6 heteroatoms. The minimum Gasteiger partial charge on any atom is -0.410 e. The largest absolute Gasteiger partial charge is 0.413 e. The molecule has 2 aliphatic carbocycles. The summed E-state index contributed by atoms with van der Waals surface area (Å²) in [6, 6.07) is 15.9. The van der Waals surface area contributed by atoms with Crippen LogP contribution in [-0.2, 0) is 12.8 Å². The average molecular weight is 619 g/mol. The second-order valence-corrected chi connectivity index (χ2v) is 13.7. The maximum Gasteiger partial charge on any atom is 0.413 e. The molecule has 0 heterocycles. The number of carbonyl (C=O) groups excluding carboxylic acids is 2. The van der Waals surface area contributed by atoms with Crippen LogP contribution in [0.15, 0.2) is 48.5 Å². The fourth-order valence-electron chi connectivity index (χ4n) is 7.58. The summed E-state index contributed by atoms with van der Waals surface area (Å²) in [5.74, 6) is 1.31. The zero-order chi connectivity index (χ0) is 31.8. The molecule has 2 amide bonds. The van der Waals surface area contributed by atoms with Crippen LogP contribution in [0, 0.1) is 0 Å². The van der Waals surface area contributed by atoms with Crippen LogP contribution in [0.1, 0.15) is 147 Å². The first kappa shape index (κ1) is 34.8. The van der Waals surface area contributed by atoms with Crippen molar-refractivity contribution >= 4 is 12.2 Å². The van der Waals surface area contributed by atoms with Crippen molar-refractivity contribution in [3.8, 4) is 11.5 Å². The third kappa shape index (κ3) is 11.1. The van der Waals surface area contributed by atoms with Crippen molar-refractivity contribution in [1.29, 1.82) is 0 Å². The molecule has 2 fully saturated rings. The summed E-state index contributed by atoms with van der Waals surface area (Å²) < 4.78 is 12.0. The number of hydrogen-bond acceptors (Lipinski definition) is 4. The molecule has 45 heavy (non-hydrogen) atoms. The number of aryl methyl sites for hydroxylation is 2. The van der Waals surface area contributed by atoms with E-state index in [1.807, 2.05) is 36.4 Å². The third-order valence-corrected chi connectivity index (χ3v) is 9.98. The quantitative estimate of drug-likeness (QED) is 0.184. The van der Waals surface area contributed by atoms with Crippen molar-refractivity contribution < 1.29 is 19.1 Å². The Labute approximate surface area is 272 Å². The lowest BCUT2D eigenvalue weighted by atomic mass is 9.68. The van der Waals surface area contributed by atoms with Crippen LogP contribution in [0.5, 0.6) is 11.5 Å². The van der Waals surface area contributed by atoms with Crippen LogP contribution in [0.4, 0.5) is 9.59 Å². The van der Waals surface area contributed by atoms with E-state index in [1.165, 1.54) is 38.5 Å². The lowest BCUT2D eigenvalue weighted by Crippen LogP contribution is -2.60. The number of rotatable bonds is 16. The van der Waals surface area contributed by atoms with Crippen LogP contribution in [0.2, 0.25) is 0 Å². The van der Waals surface area contributed by atoms with Gasteiger partial charge in [0.25, 0.3) is 0 Å². The first-order chi connectivity index (χ1) is 22.0. The molecule has 2 aromatic carbocycles. The van der Waals surface area contributed by atoms with Gasteiger partial charge in [0.2, 0.25) is 0 Å². The second kappa shape index (κ2) is 18.2. The van der Waals surface area contributed by atoms with E-state index < -0.39 is 11.1 Å². The van der Waals surface area contributed by atoms with Gasteiger partial charge >= 0.3 is 12.2 Å². The molecule has 0 aliphatic heterocycles. The molecule has 0 saturated heterocycles. The molecule has 2 N–H and O–H groups in total. The summed E-state index contributed by atoms with van der Waals surface area (Å²) in [6.45, 7) is 4.43. The Kier molecular flexibility index (Phi) is 14.1. The number of hydrogen-bond donors (Lipinski definition) is 2. The van der Waals surface area contributed by atoms with Gasteiger partial charge in [-0.1, -0.05) is 127 Å². The SMILES string of the molecule is CCCCCCc1ccccc1OC(=O)NC1(CC2(NC(=O)Oc3ccccc3CCCCCC)CCCCC2)CCCCC1. The molecular formula is C39H58N2O4. The third-order valence-electron chi connectivity index (χ3n) is 9.98. The van der Waals surface area contributed by atoms with E-state index in [9.17, 15) is 9.59 Å². The van der Waals surface area contributed by atoms with Crippen molar-refractivity contribution in [2.75, 3.05) is 0 Å². The fraction of sp³-hybridized carbons (Fsp3) is 0.641. The Morgan fingerprint density at radius 3 is 1.38 bits per heavy atom. The van der Waals surface area contributed by atoms with Gasteiger partial charge in [-0.2, -0.15) is 0 Å². The van der Waals surface area contributed by atoms with Crippen LogP contribution in [-0.4, -0.2) is 23.3 Å². The number of para-hydroxylation sites is 2. The van der Waals surface area contributed by atoms with Crippen LogP contribution in [0.25, 0.3) is 0 Å². The van der Waals surface area contributed by atoms with Crippen molar-refractivity contribution in [3.63, 3.8) is 0 Å². The predicted molar refractivity (Wildman–Crippen MR) is 183 cm³/mol. The maximum absolute atomic E-state index is 13.5. The van der Waals surface area contributed by atoms with Gasteiger partial charge in [-0.05, 0) is 81.0 Å². The van der Waals surface area contributed by atoms with E-state index in [0.717, 1.165) is 101 Å². The van der Waals surface area contributed by atoms with Crippen LogP contribution < -0.4 is 20.1 Å². The molecule has 0 atom stereocenters. The highest BCUT2D eigenvalue weighted by molar-refractivity contribution is 5.73. The van der Waals surface area contributed by atoms with Crippen LogP contribution in [0.3, 0.4) is 0 Å². The van der Waals surface area contributed by atoms with E-state index >= 15 is 0 Å². The molecule has 0 spiro atoms. The number of unbranched alkanes of at least 4 members (excludes halogenated alkanes) is 6. The molecule has 2 saturated carbocycles. The van der Waals surface area contributed by atoms with E-state index in [2.05, 4.69) is 36.6 Å². The first-order valence-corrected chi connectivity index (χ1v) is 18.1. The Morgan fingerprint density at radius 2 is 0.978 bits per heavy atom. The van der Waals surface area contributed by atoms with Gasteiger partial charge in [-0.3, -0.25) is 0 Å². The number of ether oxygens (including phenoxy) is 2. The Hall–Kier alpha value is -3.02. The molecule has 6 nitrogen and oxygen atoms in total. The van der Waals surface area contributed by atoms with Gasteiger partial charge in [0.05, 0.1) is 0 Å². The molecule has 0 bridgehead atoms. The fourth-order valence-corrected chi connectivity index (χ4v) is 7.58. The topological polar surface area (TPSA) is 76.7 Å². The van der Waals surface area contributed by atoms with E-state index in [1.54, 1.807) is 0 Å². The molecule has 2 aromatic rings.